The van der Waals surface area contributed by atoms with Crippen LogP contribution in [-0.4, -0.2) is 49.2 Å². The van der Waals surface area contributed by atoms with Gasteiger partial charge in [-0.1, -0.05) is 0 Å². The molecule has 2 heterocycles. The molecule has 2 saturated heterocycles. The average Bonchev–Trinajstić information content (AvgIpc) is 2.50. The van der Waals surface area contributed by atoms with Crippen LogP contribution < -0.4 is 5.32 Å². The number of nitrogens with zero attached hydrogens (tertiary/aromatic N) is 1. The van der Waals surface area contributed by atoms with E-state index < -0.39 is 0 Å². The predicted molar refractivity (Wildman–Crippen MR) is 47.0 cm³/mol. The van der Waals surface area contributed by atoms with Crippen LogP contribution in [0.15, 0.2) is 0 Å². The van der Waals surface area contributed by atoms with Crippen LogP contribution in [0, 0.1) is 0 Å². The second-order valence-electron chi connectivity index (χ2n) is 3.09. The smallest absolute Gasteiger partial charge is 0.0867 e. The van der Waals surface area contributed by atoms with Gasteiger partial charge in [0.1, 0.15) is 0 Å². The van der Waals surface area contributed by atoms with Crippen molar-refractivity contribution in [1.82, 2.24) is 10.2 Å². The summed E-state index contributed by atoms with van der Waals surface area (Å²) in [4.78, 5) is 2.37. The Hall–Kier alpha value is 0.230. The first-order valence-electron chi connectivity index (χ1n) is 4.09. The van der Waals surface area contributed by atoms with Gasteiger partial charge in [-0.05, 0) is 0 Å². The van der Waals surface area contributed by atoms with E-state index in [2.05, 4.69) is 22.8 Å². The minimum absolute atomic E-state index is 0.413. The molecule has 2 aliphatic heterocycles. The van der Waals surface area contributed by atoms with Crippen LogP contribution in [0.25, 0.3) is 0 Å². The quantitative estimate of drug-likeness (QED) is 0.526. The van der Waals surface area contributed by atoms with E-state index in [1.165, 1.54) is 0 Å². The Labute approximate surface area is 72.5 Å². The summed E-state index contributed by atoms with van der Waals surface area (Å²) in [6, 6.07) is 0.571. The highest BCUT2D eigenvalue weighted by molar-refractivity contribution is 7.80. The van der Waals surface area contributed by atoms with Gasteiger partial charge in [-0.3, -0.25) is 4.90 Å². The Bertz CT molecular complexity index is 144. The molecule has 0 aliphatic carbocycles. The Morgan fingerprint density at radius 1 is 1.55 bits per heavy atom. The van der Waals surface area contributed by atoms with Crippen molar-refractivity contribution < 1.29 is 4.74 Å². The molecule has 11 heavy (non-hydrogen) atoms. The molecule has 0 aromatic carbocycles. The van der Waals surface area contributed by atoms with Gasteiger partial charge in [0.15, 0.2) is 0 Å². The summed E-state index contributed by atoms with van der Waals surface area (Å²) < 4.78 is 5.60. The summed E-state index contributed by atoms with van der Waals surface area (Å²) in [5.41, 5.74) is 0. The lowest BCUT2D eigenvalue weighted by atomic mass is 10.1. The van der Waals surface area contributed by atoms with E-state index in [1.807, 2.05) is 0 Å². The standard InChI is InChI=1S/C7H14N2OS/c11-5-9-1-2-10-7-4-8-3-6(7)9/h6-8,11H,1-5H2. The first kappa shape index (κ1) is 7.86. The number of ether oxygens (including phenoxy) is 1. The number of hydrogen-bond acceptors (Lipinski definition) is 4. The molecule has 4 heteroatoms. The van der Waals surface area contributed by atoms with E-state index in [0.717, 1.165) is 32.1 Å². The molecule has 2 aliphatic rings. The molecule has 2 fully saturated rings. The minimum Gasteiger partial charge on any atom is -0.374 e. The van der Waals surface area contributed by atoms with Crippen molar-refractivity contribution in [3.05, 3.63) is 0 Å². The SMILES string of the molecule is SCN1CCOC2CNCC21. The molecule has 0 aromatic heterocycles. The van der Waals surface area contributed by atoms with Crippen LogP contribution in [0.3, 0.4) is 0 Å². The second kappa shape index (κ2) is 3.31. The van der Waals surface area contributed by atoms with Crippen molar-refractivity contribution >= 4 is 12.6 Å². The second-order valence-corrected chi connectivity index (χ2v) is 3.37. The Morgan fingerprint density at radius 2 is 2.45 bits per heavy atom. The molecule has 2 atom stereocenters. The number of fused-ring (bicyclic) bond motifs is 1. The molecule has 64 valence electrons. The van der Waals surface area contributed by atoms with Gasteiger partial charge in [0, 0.05) is 25.5 Å². The van der Waals surface area contributed by atoms with Crippen LogP contribution in [-0.2, 0) is 4.74 Å². The third-order valence-electron chi connectivity index (χ3n) is 2.49. The van der Waals surface area contributed by atoms with E-state index in [4.69, 9.17) is 4.74 Å². The van der Waals surface area contributed by atoms with E-state index >= 15 is 0 Å². The highest BCUT2D eigenvalue weighted by Gasteiger charge is 2.34. The summed E-state index contributed by atoms with van der Waals surface area (Å²) in [5, 5.41) is 3.33. The lowest BCUT2D eigenvalue weighted by Gasteiger charge is -2.35. The highest BCUT2D eigenvalue weighted by Crippen LogP contribution is 2.17. The minimum atomic E-state index is 0.413. The van der Waals surface area contributed by atoms with E-state index in [1.54, 1.807) is 0 Å². The topological polar surface area (TPSA) is 24.5 Å². The fourth-order valence-corrected chi connectivity index (χ4v) is 2.19. The molecule has 2 unspecified atom stereocenters. The molecule has 1 N–H and O–H groups in total. The monoisotopic (exact) mass is 174 g/mol. The van der Waals surface area contributed by atoms with E-state index in [-0.39, 0.29) is 0 Å². The average molecular weight is 174 g/mol. The van der Waals surface area contributed by atoms with Crippen LogP contribution in [0.2, 0.25) is 0 Å². The Morgan fingerprint density at radius 3 is 3.27 bits per heavy atom. The molecule has 0 amide bonds. The number of thiol groups is 1. The zero-order valence-corrected chi connectivity index (χ0v) is 7.39. The number of hydrogen-bond donors (Lipinski definition) is 2. The van der Waals surface area contributed by atoms with Gasteiger partial charge in [0.25, 0.3) is 0 Å². The van der Waals surface area contributed by atoms with Gasteiger partial charge in [0.2, 0.25) is 0 Å². The zero-order chi connectivity index (χ0) is 7.68. The van der Waals surface area contributed by atoms with Gasteiger partial charge in [-0.15, -0.1) is 0 Å². The fourth-order valence-electron chi connectivity index (χ4n) is 1.84. The fraction of sp³-hybridized carbons (Fsp3) is 1.00. The lowest BCUT2D eigenvalue weighted by Crippen LogP contribution is -2.50. The summed E-state index contributed by atoms with van der Waals surface area (Å²) in [7, 11) is 0. The van der Waals surface area contributed by atoms with Crippen molar-refractivity contribution in [2.24, 2.45) is 0 Å². The van der Waals surface area contributed by atoms with Crippen LogP contribution in [0.1, 0.15) is 0 Å². The van der Waals surface area contributed by atoms with Crippen molar-refractivity contribution in [3.63, 3.8) is 0 Å². The molecule has 0 radical (unpaired) electrons. The molecule has 3 nitrogen and oxygen atoms in total. The van der Waals surface area contributed by atoms with Crippen LogP contribution in [0.5, 0.6) is 0 Å². The van der Waals surface area contributed by atoms with Crippen molar-refractivity contribution in [2.75, 3.05) is 32.1 Å². The molecular weight excluding hydrogens is 160 g/mol. The van der Waals surface area contributed by atoms with Crippen LogP contribution in [0.4, 0.5) is 0 Å². The van der Waals surface area contributed by atoms with E-state index in [0.29, 0.717) is 12.1 Å². The molecule has 2 rings (SSSR count). The molecular formula is C7H14N2OS. The van der Waals surface area contributed by atoms with Crippen LogP contribution >= 0.6 is 12.6 Å². The molecule has 0 bridgehead atoms. The normalized spacial score (nSPS) is 39.0. The van der Waals surface area contributed by atoms with Gasteiger partial charge in [-0.25, -0.2) is 0 Å². The first-order valence-corrected chi connectivity index (χ1v) is 4.72. The number of nitrogens with one attached hydrogen (secondary N) is 1. The summed E-state index contributed by atoms with van der Waals surface area (Å²) in [6.45, 7) is 3.97. The van der Waals surface area contributed by atoms with E-state index in [9.17, 15) is 0 Å². The maximum atomic E-state index is 5.60. The maximum Gasteiger partial charge on any atom is 0.0867 e. The number of rotatable bonds is 1. The van der Waals surface area contributed by atoms with Gasteiger partial charge in [-0.2, -0.15) is 12.6 Å². The first-order chi connectivity index (χ1) is 5.42. The van der Waals surface area contributed by atoms with Gasteiger partial charge < -0.3 is 10.1 Å². The zero-order valence-electron chi connectivity index (χ0n) is 6.49. The van der Waals surface area contributed by atoms with Crippen molar-refractivity contribution in [1.29, 1.82) is 0 Å². The predicted octanol–water partition coefficient (Wildman–Crippen LogP) is -0.454. The lowest BCUT2D eigenvalue weighted by molar-refractivity contribution is -0.0387. The Balaban J connectivity index is 2.00. The molecule has 0 saturated carbocycles. The summed E-state index contributed by atoms with van der Waals surface area (Å²) in [5.74, 6) is 0.853. The Kier molecular flexibility index (Phi) is 2.36. The van der Waals surface area contributed by atoms with Gasteiger partial charge in [0.05, 0.1) is 18.8 Å². The van der Waals surface area contributed by atoms with Crippen molar-refractivity contribution in [2.45, 2.75) is 12.1 Å². The molecule has 0 spiro atoms. The summed E-state index contributed by atoms with van der Waals surface area (Å²) in [6.07, 6.45) is 0.413. The maximum absolute atomic E-state index is 5.60. The van der Waals surface area contributed by atoms with Gasteiger partial charge >= 0.3 is 0 Å². The summed E-state index contributed by atoms with van der Waals surface area (Å²) >= 11 is 4.29. The third kappa shape index (κ3) is 1.40. The largest absolute Gasteiger partial charge is 0.374 e. The number of morpholine rings is 1. The van der Waals surface area contributed by atoms with Crippen molar-refractivity contribution in [3.8, 4) is 0 Å². The molecule has 0 aromatic rings. The highest BCUT2D eigenvalue weighted by atomic mass is 32.1. The third-order valence-corrected chi connectivity index (χ3v) is 2.85.